The topological polar surface area (TPSA) is 31.6 Å². The summed E-state index contributed by atoms with van der Waals surface area (Å²) in [5.74, 6) is 0. The van der Waals surface area contributed by atoms with Crippen molar-refractivity contribution < 1.29 is 0 Å². The van der Waals surface area contributed by atoms with Gasteiger partial charge in [0.25, 0.3) is 0 Å². The largest absolute Gasteiger partial charge is 0.358 e. The third-order valence-electron chi connectivity index (χ3n) is 4.40. The number of aryl methyl sites for hydroxylation is 1. The number of hydrogen-bond acceptors (Lipinski definition) is 0. The Labute approximate surface area is 116 Å². The van der Waals surface area contributed by atoms with Crippen molar-refractivity contribution in [1.29, 1.82) is 0 Å². The molecule has 2 N–H and O–H groups in total. The SMILES string of the molecule is C1=Cc2c([nH]c3ccc4[nH]c5ccccc5c4c23)CC1. The predicted octanol–water partition coefficient (Wildman–Crippen LogP) is 4.76. The molecule has 0 radical (unpaired) electrons. The fourth-order valence-electron chi connectivity index (χ4n) is 3.52. The smallest absolute Gasteiger partial charge is 0.0472 e. The molecule has 2 aromatic heterocycles. The van der Waals surface area contributed by atoms with Crippen molar-refractivity contribution in [2.45, 2.75) is 12.8 Å². The maximum absolute atomic E-state index is 3.60. The molecule has 4 aromatic rings. The maximum atomic E-state index is 3.60. The third kappa shape index (κ3) is 1.19. The fraction of sp³-hybridized carbons (Fsp3) is 0.111. The molecule has 0 atom stereocenters. The molecule has 20 heavy (non-hydrogen) atoms. The van der Waals surface area contributed by atoms with Crippen LogP contribution in [0.15, 0.2) is 42.5 Å². The summed E-state index contributed by atoms with van der Waals surface area (Å²) in [7, 11) is 0. The van der Waals surface area contributed by atoms with Gasteiger partial charge in [-0.2, -0.15) is 0 Å². The monoisotopic (exact) mass is 258 g/mol. The van der Waals surface area contributed by atoms with Crippen LogP contribution in [-0.2, 0) is 6.42 Å². The second-order valence-electron chi connectivity index (χ2n) is 5.54. The zero-order valence-corrected chi connectivity index (χ0v) is 11.0. The molecule has 0 bridgehead atoms. The molecule has 0 saturated heterocycles. The lowest BCUT2D eigenvalue weighted by Crippen LogP contribution is -1.90. The Balaban J connectivity index is 2.10. The molecule has 2 nitrogen and oxygen atoms in total. The van der Waals surface area contributed by atoms with E-state index < -0.39 is 0 Å². The van der Waals surface area contributed by atoms with Gasteiger partial charge in [-0.05, 0) is 31.0 Å². The summed E-state index contributed by atoms with van der Waals surface area (Å²) >= 11 is 0. The van der Waals surface area contributed by atoms with Gasteiger partial charge in [0.05, 0.1) is 0 Å². The summed E-state index contributed by atoms with van der Waals surface area (Å²) in [4.78, 5) is 7.13. The average Bonchev–Trinajstić information content (AvgIpc) is 3.04. The van der Waals surface area contributed by atoms with Crippen molar-refractivity contribution in [3.8, 4) is 0 Å². The Hall–Kier alpha value is -2.48. The van der Waals surface area contributed by atoms with Crippen LogP contribution in [0.3, 0.4) is 0 Å². The van der Waals surface area contributed by atoms with Gasteiger partial charge in [0.1, 0.15) is 0 Å². The van der Waals surface area contributed by atoms with Crippen LogP contribution in [0, 0.1) is 0 Å². The van der Waals surface area contributed by atoms with Gasteiger partial charge < -0.3 is 9.97 Å². The van der Waals surface area contributed by atoms with Crippen molar-refractivity contribution >= 4 is 38.8 Å². The first-order valence-electron chi connectivity index (χ1n) is 7.12. The van der Waals surface area contributed by atoms with Crippen LogP contribution in [0.25, 0.3) is 38.8 Å². The van der Waals surface area contributed by atoms with Crippen LogP contribution in [0.5, 0.6) is 0 Å². The average molecular weight is 258 g/mol. The lowest BCUT2D eigenvalue weighted by Gasteiger charge is -2.04. The van der Waals surface area contributed by atoms with Crippen molar-refractivity contribution in [2.24, 2.45) is 0 Å². The fourth-order valence-corrected chi connectivity index (χ4v) is 3.52. The normalized spacial score (nSPS) is 14.4. The van der Waals surface area contributed by atoms with Crippen LogP contribution < -0.4 is 0 Å². The van der Waals surface area contributed by atoms with Gasteiger partial charge in [0.15, 0.2) is 0 Å². The summed E-state index contributed by atoms with van der Waals surface area (Å²) < 4.78 is 0. The van der Waals surface area contributed by atoms with Gasteiger partial charge in [-0.3, -0.25) is 0 Å². The third-order valence-corrected chi connectivity index (χ3v) is 4.40. The standard InChI is InChI=1S/C18H14N2/c1-3-7-13-11(5-1)17-15(19-13)9-10-16-18(17)12-6-2-4-8-14(12)20-16/h1-3,5-7,9-10,19-20H,4,8H2. The van der Waals surface area contributed by atoms with Crippen molar-refractivity contribution in [3.05, 3.63) is 53.7 Å². The second kappa shape index (κ2) is 3.54. The highest BCUT2D eigenvalue weighted by Gasteiger charge is 2.16. The van der Waals surface area contributed by atoms with Crippen LogP contribution in [0.4, 0.5) is 0 Å². The maximum Gasteiger partial charge on any atom is 0.0472 e. The van der Waals surface area contributed by atoms with E-state index >= 15 is 0 Å². The minimum atomic E-state index is 1.12. The summed E-state index contributed by atoms with van der Waals surface area (Å²) in [6, 6.07) is 12.9. The molecule has 2 heterocycles. The molecule has 2 heteroatoms. The van der Waals surface area contributed by atoms with Gasteiger partial charge in [-0.25, -0.2) is 0 Å². The summed E-state index contributed by atoms with van der Waals surface area (Å²) in [6.07, 6.45) is 6.81. The molecule has 1 aliphatic rings. The molecule has 96 valence electrons. The number of rotatable bonds is 0. The number of H-pyrrole nitrogens is 2. The quantitative estimate of drug-likeness (QED) is 0.455. The summed E-state index contributed by atoms with van der Waals surface area (Å²) in [6.45, 7) is 0. The number of fused-ring (bicyclic) bond motifs is 7. The van der Waals surface area contributed by atoms with E-state index in [1.165, 1.54) is 44.0 Å². The van der Waals surface area contributed by atoms with Crippen molar-refractivity contribution in [3.63, 3.8) is 0 Å². The molecule has 0 fully saturated rings. The zero-order valence-electron chi connectivity index (χ0n) is 11.0. The minimum Gasteiger partial charge on any atom is -0.358 e. The van der Waals surface area contributed by atoms with Gasteiger partial charge in [-0.15, -0.1) is 0 Å². The molecule has 0 unspecified atom stereocenters. The molecular formula is C18H14N2. The van der Waals surface area contributed by atoms with Crippen LogP contribution in [0.2, 0.25) is 0 Å². The lowest BCUT2D eigenvalue weighted by molar-refractivity contribution is 0.951. The number of benzene rings is 2. The first kappa shape index (κ1) is 10.3. The first-order valence-corrected chi connectivity index (χ1v) is 7.12. The number of hydrogen-bond donors (Lipinski definition) is 2. The van der Waals surface area contributed by atoms with Gasteiger partial charge >= 0.3 is 0 Å². The molecular weight excluding hydrogens is 244 g/mol. The Morgan fingerprint density at radius 1 is 0.800 bits per heavy atom. The van der Waals surface area contributed by atoms with Crippen molar-refractivity contribution in [1.82, 2.24) is 9.97 Å². The summed E-state index contributed by atoms with van der Waals surface area (Å²) in [5.41, 5.74) is 6.44. The Morgan fingerprint density at radius 2 is 1.65 bits per heavy atom. The van der Waals surface area contributed by atoms with E-state index in [0.29, 0.717) is 0 Å². The molecule has 0 spiro atoms. The molecule has 0 aliphatic heterocycles. The van der Waals surface area contributed by atoms with E-state index in [0.717, 1.165) is 12.8 Å². The van der Waals surface area contributed by atoms with Crippen molar-refractivity contribution in [2.75, 3.05) is 0 Å². The molecule has 0 amide bonds. The number of aromatic nitrogens is 2. The number of para-hydroxylation sites is 1. The van der Waals surface area contributed by atoms with Gasteiger partial charge in [0.2, 0.25) is 0 Å². The summed E-state index contributed by atoms with van der Waals surface area (Å²) in [5, 5.41) is 4.03. The number of allylic oxidation sites excluding steroid dienone is 1. The van der Waals surface area contributed by atoms with E-state index in [1.54, 1.807) is 0 Å². The van der Waals surface area contributed by atoms with Crippen LogP contribution in [0.1, 0.15) is 17.7 Å². The van der Waals surface area contributed by atoms with Gasteiger partial charge in [0, 0.05) is 44.0 Å². The molecule has 1 aliphatic carbocycles. The predicted molar refractivity (Wildman–Crippen MR) is 85.0 cm³/mol. The molecule has 2 aromatic carbocycles. The second-order valence-corrected chi connectivity index (χ2v) is 5.54. The Morgan fingerprint density at radius 3 is 2.60 bits per heavy atom. The lowest BCUT2D eigenvalue weighted by atomic mass is 9.99. The number of nitrogens with one attached hydrogen (secondary N) is 2. The van der Waals surface area contributed by atoms with Gasteiger partial charge in [-0.1, -0.05) is 30.4 Å². The van der Waals surface area contributed by atoms with Crippen LogP contribution in [-0.4, -0.2) is 9.97 Å². The van der Waals surface area contributed by atoms with E-state index in [-0.39, 0.29) is 0 Å². The molecule has 0 saturated carbocycles. The highest BCUT2D eigenvalue weighted by molar-refractivity contribution is 6.22. The van der Waals surface area contributed by atoms with E-state index in [1.807, 2.05) is 0 Å². The van der Waals surface area contributed by atoms with E-state index in [4.69, 9.17) is 0 Å². The first-order chi connectivity index (χ1) is 9.92. The zero-order chi connectivity index (χ0) is 13.1. The minimum absolute atomic E-state index is 1.12. The highest BCUT2D eigenvalue weighted by atomic mass is 14.7. The van der Waals surface area contributed by atoms with Crippen LogP contribution >= 0.6 is 0 Å². The number of aromatic amines is 2. The highest BCUT2D eigenvalue weighted by Crippen LogP contribution is 2.37. The van der Waals surface area contributed by atoms with E-state index in [9.17, 15) is 0 Å². The molecule has 5 rings (SSSR count). The Kier molecular flexibility index (Phi) is 1.83. The Bertz CT molecular complexity index is 998. The van der Waals surface area contributed by atoms with E-state index in [2.05, 4.69) is 58.5 Å².